The van der Waals surface area contributed by atoms with Crippen LogP contribution in [0, 0.1) is 12.7 Å². The van der Waals surface area contributed by atoms with Gasteiger partial charge in [0.1, 0.15) is 12.4 Å². The zero-order chi connectivity index (χ0) is 15.7. The molecule has 20 heavy (non-hydrogen) atoms. The summed E-state index contributed by atoms with van der Waals surface area (Å²) in [4.78, 5) is 10.9. The Morgan fingerprint density at radius 2 is 1.90 bits per heavy atom. The molecule has 1 N–H and O–H groups in total. The molecule has 1 rings (SSSR count). The fourth-order valence-electron chi connectivity index (χ4n) is 1.37. The predicted octanol–water partition coefficient (Wildman–Crippen LogP) is 2.35. The van der Waals surface area contributed by atoms with Crippen molar-refractivity contribution in [2.45, 2.75) is 18.0 Å². The molecule has 0 saturated carbocycles. The highest BCUT2D eigenvalue weighted by atomic mass is 35.7. The van der Waals surface area contributed by atoms with E-state index in [-0.39, 0.29) is 5.56 Å². The van der Waals surface area contributed by atoms with Gasteiger partial charge in [0.15, 0.2) is 0 Å². The molecule has 0 aliphatic rings. The van der Waals surface area contributed by atoms with Gasteiger partial charge in [-0.2, -0.15) is 13.2 Å². The van der Waals surface area contributed by atoms with E-state index >= 15 is 0 Å². The summed E-state index contributed by atoms with van der Waals surface area (Å²) in [6, 6.07) is 1.30. The Morgan fingerprint density at radius 3 is 2.35 bits per heavy atom. The smallest absolute Gasteiger partial charge is 0.343 e. The number of halogens is 5. The zero-order valence-corrected chi connectivity index (χ0v) is 11.5. The third-order valence-electron chi connectivity index (χ3n) is 2.22. The normalized spacial score (nSPS) is 12.3. The van der Waals surface area contributed by atoms with E-state index in [0.29, 0.717) is 12.1 Å². The van der Waals surface area contributed by atoms with Gasteiger partial charge in [-0.05, 0) is 24.6 Å². The van der Waals surface area contributed by atoms with Crippen molar-refractivity contribution in [2.75, 3.05) is 6.54 Å². The Labute approximate surface area is 116 Å². The fraction of sp³-hybridized carbons (Fsp3) is 0.300. The zero-order valence-electron chi connectivity index (χ0n) is 9.88. The molecule has 1 aromatic carbocycles. The number of benzene rings is 1. The second kappa shape index (κ2) is 5.57. The number of amides is 1. The molecule has 112 valence electrons. The standard InChI is InChI=1S/C10H8ClF4NO3S/c1-5-2-7(12)6(3-8(5)20(11,18)19)9(17)16-4-10(13,14)15/h2-3H,4H2,1H3,(H,16,17). The average molecular weight is 334 g/mol. The Hall–Kier alpha value is -1.35. The van der Waals surface area contributed by atoms with Crippen LogP contribution in [-0.2, 0) is 9.05 Å². The van der Waals surface area contributed by atoms with E-state index in [0.717, 1.165) is 0 Å². The molecule has 1 amide bonds. The van der Waals surface area contributed by atoms with Crippen molar-refractivity contribution >= 4 is 25.6 Å². The Morgan fingerprint density at radius 1 is 1.35 bits per heavy atom. The van der Waals surface area contributed by atoms with E-state index in [9.17, 15) is 30.8 Å². The highest BCUT2D eigenvalue weighted by molar-refractivity contribution is 8.13. The van der Waals surface area contributed by atoms with Gasteiger partial charge in [0.05, 0.1) is 10.5 Å². The van der Waals surface area contributed by atoms with Crippen molar-refractivity contribution in [2.24, 2.45) is 0 Å². The SMILES string of the molecule is Cc1cc(F)c(C(=O)NCC(F)(F)F)cc1S(=O)(=O)Cl. The minimum Gasteiger partial charge on any atom is -0.343 e. The monoisotopic (exact) mass is 333 g/mol. The molecule has 0 atom stereocenters. The quantitative estimate of drug-likeness (QED) is 0.682. The third kappa shape index (κ3) is 4.34. The lowest BCUT2D eigenvalue weighted by atomic mass is 10.1. The Balaban J connectivity index is 3.16. The molecule has 0 aliphatic carbocycles. The molecular weight excluding hydrogens is 326 g/mol. The minimum absolute atomic E-state index is 0.0649. The van der Waals surface area contributed by atoms with Crippen molar-refractivity contribution in [1.29, 1.82) is 0 Å². The van der Waals surface area contributed by atoms with Crippen molar-refractivity contribution in [1.82, 2.24) is 5.32 Å². The van der Waals surface area contributed by atoms with Crippen LogP contribution in [0.4, 0.5) is 17.6 Å². The first kappa shape index (κ1) is 16.7. The lowest BCUT2D eigenvalue weighted by molar-refractivity contribution is -0.123. The van der Waals surface area contributed by atoms with Crippen LogP contribution in [0.2, 0.25) is 0 Å². The maximum Gasteiger partial charge on any atom is 0.405 e. The van der Waals surface area contributed by atoms with Crippen LogP contribution in [0.15, 0.2) is 17.0 Å². The van der Waals surface area contributed by atoms with Gasteiger partial charge in [-0.3, -0.25) is 4.79 Å². The summed E-state index contributed by atoms with van der Waals surface area (Å²) >= 11 is 0. The van der Waals surface area contributed by atoms with Gasteiger partial charge in [-0.15, -0.1) is 0 Å². The van der Waals surface area contributed by atoms with Crippen LogP contribution in [0.25, 0.3) is 0 Å². The first-order valence-corrected chi connectivity index (χ1v) is 7.32. The molecule has 4 nitrogen and oxygen atoms in total. The minimum atomic E-state index is -4.67. The number of rotatable bonds is 3. The molecule has 0 unspecified atom stereocenters. The molecule has 0 saturated heterocycles. The highest BCUT2D eigenvalue weighted by Crippen LogP contribution is 2.23. The maximum absolute atomic E-state index is 13.5. The largest absolute Gasteiger partial charge is 0.405 e. The molecule has 0 radical (unpaired) electrons. The van der Waals surface area contributed by atoms with Crippen LogP contribution in [0.5, 0.6) is 0 Å². The molecule has 0 aliphatic heterocycles. The maximum atomic E-state index is 13.5. The van der Waals surface area contributed by atoms with E-state index in [2.05, 4.69) is 0 Å². The molecular formula is C10H8ClF4NO3S. The summed E-state index contributed by atoms with van der Waals surface area (Å²) in [7, 11) is 0.834. The van der Waals surface area contributed by atoms with Crippen molar-refractivity contribution in [3.8, 4) is 0 Å². The predicted molar refractivity (Wildman–Crippen MR) is 62.6 cm³/mol. The molecule has 0 heterocycles. The van der Waals surface area contributed by atoms with Crippen LogP contribution in [0.3, 0.4) is 0 Å². The summed E-state index contributed by atoms with van der Waals surface area (Å²) in [5.74, 6) is -2.53. The second-order valence-corrected chi connectivity index (χ2v) is 6.37. The molecule has 0 aromatic heterocycles. The number of hydrogen-bond donors (Lipinski definition) is 1. The first-order chi connectivity index (χ1) is 8.92. The van der Waals surface area contributed by atoms with Crippen molar-refractivity contribution < 1.29 is 30.8 Å². The van der Waals surface area contributed by atoms with Crippen LogP contribution < -0.4 is 5.32 Å². The van der Waals surface area contributed by atoms with E-state index < -0.39 is 44.0 Å². The van der Waals surface area contributed by atoms with E-state index in [1.807, 2.05) is 0 Å². The van der Waals surface area contributed by atoms with Crippen LogP contribution >= 0.6 is 10.7 Å². The third-order valence-corrected chi connectivity index (χ3v) is 3.69. The number of carbonyl (C=O) groups is 1. The fourth-order valence-corrected chi connectivity index (χ4v) is 2.57. The number of nitrogens with one attached hydrogen (secondary N) is 1. The van der Waals surface area contributed by atoms with Crippen molar-refractivity contribution in [3.05, 3.63) is 29.1 Å². The summed E-state index contributed by atoms with van der Waals surface area (Å²) in [5, 5.41) is 1.44. The van der Waals surface area contributed by atoms with E-state index in [1.54, 1.807) is 0 Å². The van der Waals surface area contributed by atoms with Crippen LogP contribution in [-0.4, -0.2) is 27.0 Å². The summed E-state index contributed by atoms with van der Waals surface area (Å²) in [5.41, 5.74) is -0.899. The second-order valence-electron chi connectivity index (χ2n) is 3.83. The van der Waals surface area contributed by atoms with Gasteiger partial charge < -0.3 is 5.32 Å². The van der Waals surface area contributed by atoms with Gasteiger partial charge in [0, 0.05) is 10.7 Å². The molecule has 0 spiro atoms. The van der Waals surface area contributed by atoms with Crippen LogP contribution in [0.1, 0.15) is 15.9 Å². The summed E-state index contributed by atoms with van der Waals surface area (Å²) in [6.45, 7) is -0.433. The van der Waals surface area contributed by atoms with E-state index in [1.165, 1.54) is 12.2 Å². The molecule has 0 bridgehead atoms. The topological polar surface area (TPSA) is 63.2 Å². The lowest BCUT2D eigenvalue weighted by Gasteiger charge is -2.10. The number of aryl methyl sites for hydroxylation is 1. The Kier molecular flexibility index (Phi) is 4.65. The van der Waals surface area contributed by atoms with Gasteiger partial charge in [0.25, 0.3) is 15.0 Å². The lowest BCUT2D eigenvalue weighted by Crippen LogP contribution is -2.34. The number of hydrogen-bond acceptors (Lipinski definition) is 3. The van der Waals surface area contributed by atoms with Gasteiger partial charge in [-0.25, -0.2) is 12.8 Å². The number of carbonyl (C=O) groups excluding carboxylic acids is 1. The average Bonchev–Trinajstić information content (AvgIpc) is 2.23. The number of alkyl halides is 3. The molecule has 1 aromatic rings. The first-order valence-electron chi connectivity index (χ1n) is 5.01. The highest BCUT2D eigenvalue weighted by Gasteiger charge is 2.29. The van der Waals surface area contributed by atoms with Crippen molar-refractivity contribution in [3.63, 3.8) is 0 Å². The van der Waals surface area contributed by atoms with Gasteiger partial charge in [-0.1, -0.05) is 0 Å². The molecule has 0 fully saturated rings. The Bertz CT molecular complexity index is 643. The summed E-state index contributed by atoms with van der Waals surface area (Å²) < 4.78 is 71.7. The van der Waals surface area contributed by atoms with E-state index in [4.69, 9.17) is 10.7 Å². The summed E-state index contributed by atoms with van der Waals surface area (Å²) in [6.07, 6.45) is -4.67. The molecule has 10 heteroatoms. The van der Waals surface area contributed by atoms with Gasteiger partial charge in [0.2, 0.25) is 0 Å². The van der Waals surface area contributed by atoms with Gasteiger partial charge >= 0.3 is 6.18 Å².